The smallest absolute Gasteiger partial charge is 0.459 e. The van der Waals surface area contributed by atoms with Crippen molar-refractivity contribution >= 4 is 23.4 Å². The summed E-state index contributed by atoms with van der Waals surface area (Å²) in [5, 5.41) is 17.5. The normalized spacial score (nSPS) is 21.5. The van der Waals surface area contributed by atoms with Gasteiger partial charge in [-0.3, -0.25) is 19.8 Å². The summed E-state index contributed by atoms with van der Waals surface area (Å²) in [5.74, 6) is -0.231. The molecule has 2 N–H and O–H groups in total. The number of ether oxygens (including phenoxy) is 2. The highest BCUT2D eigenvalue weighted by Gasteiger charge is 2.42. The van der Waals surface area contributed by atoms with E-state index in [0.29, 0.717) is 12.6 Å². The van der Waals surface area contributed by atoms with Gasteiger partial charge in [-0.1, -0.05) is 18.2 Å². The Labute approximate surface area is 236 Å². The second-order valence-corrected chi connectivity index (χ2v) is 11.3. The molecule has 0 bridgehead atoms. The van der Waals surface area contributed by atoms with Crippen molar-refractivity contribution in [3.05, 3.63) is 46.1 Å². The van der Waals surface area contributed by atoms with Crippen LogP contribution in [0.25, 0.3) is 0 Å². The van der Waals surface area contributed by atoms with Gasteiger partial charge >= 0.3 is 18.0 Å². The molecule has 2 aliphatic rings. The minimum Gasteiger partial charge on any atom is -0.459 e. The third kappa shape index (κ3) is 8.41. The maximum absolute atomic E-state index is 12.7. The second-order valence-electron chi connectivity index (χ2n) is 11.3. The summed E-state index contributed by atoms with van der Waals surface area (Å²) in [5.41, 5.74) is -0.605. The van der Waals surface area contributed by atoms with Crippen molar-refractivity contribution in [2.75, 3.05) is 23.7 Å². The first-order chi connectivity index (χ1) is 19.3. The molecule has 1 aliphatic carbocycles. The van der Waals surface area contributed by atoms with E-state index in [1.807, 2.05) is 20.8 Å². The Morgan fingerprint density at radius 1 is 1.12 bits per heavy atom. The van der Waals surface area contributed by atoms with E-state index in [1.165, 1.54) is 18.2 Å². The van der Waals surface area contributed by atoms with Crippen LogP contribution in [-0.2, 0) is 16.1 Å². The van der Waals surface area contributed by atoms with Gasteiger partial charge in [0.25, 0.3) is 0 Å². The zero-order valence-electron chi connectivity index (χ0n) is 23.2. The van der Waals surface area contributed by atoms with Crippen LogP contribution in [0.2, 0.25) is 0 Å². The number of carbonyl (C=O) groups excluding carboxylic acids is 1. The fourth-order valence-corrected chi connectivity index (χ4v) is 5.16. The molecule has 0 spiro atoms. The van der Waals surface area contributed by atoms with Gasteiger partial charge in [0.2, 0.25) is 11.8 Å². The van der Waals surface area contributed by atoms with E-state index in [1.54, 1.807) is 6.07 Å². The summed E-state index contributed by atoms with van der Waals surface area (Å²) < 4.78 is 47.8. The number of esters is 1. The van der Waals surface area contributed by atoms with E-state index in [0.717, 1.165) is 44.8 Å². The number of nitrogens with one attached hydrogen (secondary N) is 2. The van der Waals surface area contributed by atoms with Crippen LogP contribution >= 0.6 is 0 Å². The summed E-state index contributed by atoms with van der Waals surface area (Å²) in [6, 6.07) is 5.75. The monoisotopic (exact) mass is 580 g/mol. The molecule has 1 unspecified atom stereocenters. The number of rotatable bonds is 10. The minimum absolute atomic E-state index is 0.0228. The molecule has 1 saturated heterocycles. The summed E-state index contributed by atoms with van der Waals surface area (Å²) in [7, 11) is 0. The van der Waals surface area contributed by atoms with E-state index in [-0.39, 0.29) is 53.2 Å². The summed E-state index contributed by atoms with van der Waals surface area (Å²) in [6.07, 6.45) is 0.599. The van der Waals surface area contributed by atoms with Crippen molar-refractivity contribution in [2.24, 2.45) is 5.92 Å². The summed E-state index contributed by atoms with van der Waals surface area (Å²) in [4.78, 5) is 33.9. The van der Waals surface area contributed by atoms with Crippen molar-refractivity contribution in [1.29, 1.82) is 0 Å². The number of anilines is 2. The van der Waals surface area contributed by atoms with Crippen LogP contribution in [0.5, 0.6) is 5.75 Å². The fourth-order valence-electron chi connectivity index (χ4n) is 5.16. The molecule has 2 heterocycles. The molecule has 1 atom stereocenters. The van der Waals surface area contributed by atoms with Gasteiger partial charge in [0.15, 0.2) is 0 Å². The maximum Gasteiger partial charge on any atom is 0.573 e. The Kier molecular flexibility index (Phi) is 9.20. The molecule has 2 fully saturated rings. The molecule has 2 aromatic rings. The number of benzene rings is 1. The maximum atomic E-state index is 12.7. The number of hydrogen-bond donors (Lipinski definition) is 2. The minimum atomic E-state index is -4.84. The van der Waals surface area contributed by atoms with Crippen LogP contribution in [0, 0.1) is 16.0 Å². The molecule has 1 aliphatic heterocycles. The molecule has 14 heteroatoms. The van der Waals surface area contributed by atoms with Crippen LogP contribution in [0.15, 0.2) is 30.5 Å². The number of alkyl halides is 3. The summed E-state index contributed by atoms with van der Waals surface area (Å²) in [6.45, 7) is 6.82. The molecule has 224 valence electrons. The quantitative estimate of drug-likeness (QED) is 0.217. The molecule has 4 rings (SSSR count). The van der Waals surface area contributed by atoms with E-state index in [9.17, 15) is 28.1 Å². The van der Waals surface area contributed by atoms with Crippen molar-refractivity contribution in [3.63, 3.8) is 0 Å². The molecule has 1 aromatic carbocycles. The van der Waals surface area contributed by atoms with Crippen LogP contribution in [0.4, 0.5) is 30.6 Å². The number of likely N-dealkylation sites (tertiary alicyclic amines) is 1. The third-order valence-electron chi connectivity index (χ3n) is 7.18. The molecular formula is C27H35F3N6O5. The van der Waals surface area contributed by atoms with E-state index >= 15 is 0 Å². The first kappa shape index (κ1) is 30.3. The molecule has 0 amide bonds. The molecule has 1 aromatic heterocycles. The highest BCUT2D eigenvalue weighted by atomic mass is 19.4. The number of nitrogens with zero attached hydrogens (tertiary/aromatic N) is 4. The molecular weight excluding hydrogens is 545 g/mol. The predicted octanol–water partition coefficient (Wildman–Crippen LogP) is 5.28. The Balaban J connectivity index is 1.32. The first-order valence-electron chi connectivity index (χ1n) is 13.6. The van der Waals surface area contributed by atoms with E-state index in [2.05, 4.69) is 30.2 Å². The lowest BCUT2D eigenvalue weighted by molar-refractivity contribution is -0.384. The SMILES string of the molecule is CC(C)(C)OC(=O)C1CCN1C1CCC(CNc2nc(NCc3ccccc3OC(F)(F)F)ncc2[N+](=O)[O-])CC1. The number of halogens is 3. The molecule has 0 radical (unpaired) electrons. The molecule has 41 heavy (non-hydrogen) atoms. The van der Waals surface area contributed by atoms with Gasteiger partial charge in [0, 0.05) is 31.2 Å². The van der Waals surface area contributed by atoms with Gasteiger partial charge in [0.05, 0.1) is 4.92 Å². The largest absolute Gasteiger partial charge is 0.573 e. The van der Waals surface area contributed by atoms with E-state index < -0.39 is 16.9 Å². The van der Waals surface area contributed by atoms with Crippen LogP contribution in [-0.4, -0.2) is 62.9 Å². The molecule has 11 nitrogen and oxygen atoms in total. The second kappa shape index (κ2) is 12.5. The molecule has 1 saturated carbocycles. The topological polar surface area (TPSA) is 132 Å². The predicted molar refractivity (Wildman–Crippen MR) is 144 cm³/mol. The van der Waals surface area contributed by atoms with Gasteiger partial charge in [-0.15, -0.1) is 13.2 Å². The lowest BCUT2D eigenvalue weighted by Crippen LogP contribution is -2.58. The number of aromatic nitrogens is 2. The van der Waals surface area contributed by atoms with Crippen LogP contribution in [0.3, 0.4) is 0 Å². The Morgan fingerprint density at radius 3 is 2.44 bits per heavy atom. The van der Waals surface area contributed by atoms with Crippen molar-refractivity contribution in [3.8, 4) is 5.75 Å². The Morgan fingerprint density at radius 2 is 1.83 bits per heavy atom. The van der Waals surface area contributed by atoms with Crippen LogP contribution < -0.4 is 15.4 Å². The van der Waals surface area contributed by atoms with Crippen molar-refractivity contribution in [1.82, 2.24) is 14.9 Å². The number of hydrogen-bond acceptors (Lipinski definition) is 10. The Bertz CT molecular complexity index is 1230. The van der Waals surface area contributed by atoms with Gasteiger partial charge in [-0.2, -0.15) is 4.98 Å². The lowest BCUT2D eigenvalue weighted by atomic mass is 9.83. The Hall–Kier alpha value is -3.68. The lowest BCUT2D eigenvalue weighted by Gasteiger charge is -2.47. The number of nitro groups is 1. The fraction of sp³-hybridized carbons (Fsp3) is 0.593. The summed E-state index contributed by atoms with van der Waals surface area (Å²) >= 11 is 0. The van der Waals surface area contributed by atoms with Gasteiger partial charge in [-0.05, 0) is 64.9 Å². The average Bonchev–Trinajstić information content (AvgIpc) is 2.85. The van der Waals surface area contributed by atoms with Crippen LogP contribution in [0.1, 0.15) is 58.4 Å². The zero-order valence-corrected chi connectivity index (χ0v) is 23.2. The highest BCUT2D eigenvalue weighted by molar-refractivity contribution is 5.77. The third-order valence-corrected chi connectivity index (χ3v) is 7.18. The zero-order chi connectivity index (χ0) is 29.8. The van der Waals surface area contributed by atoms with E-state index in [4.69, 9.17) is 4.74 Å². The standard InChI is InChI=1S/C27H35F3N6O5/c1-26(2,3)41-24(37)20-12-13-35(20)19-10-8-17(9-11-19)14-31-23-21(36(38)39)16-33-25(34-23)32-15-18-6-4-5-7-22(18)40-27(28,29)30/h4-7,16-17,19-20H,8-15H2,1-3H3,(H2,31,32,33,34). The highest BCUT2D eigenvalue weighted by Crippen LogP contribution is 2.34. The van der Waals surface area contributed by atoms with Crippen molar-refractivity contribution < 1.29 is 32.4 Å². The van der Waals surface area contributed by atoms with Gasteiger partial charge in [-0.25, -0.2) is 4.98 Å². The number of para-hydroxylation sites is 1. The number of carbonyl (C=O) groups is 1. The van der Waals surface area contributed by atoms with Crippen molar-refractivity contribution in [2.45, 2.75) is 83.5 Å². The first-order valence-corrected chi connectivity index (χ1v) is 13.6. The van der Waals surface area contributed by atoms with Gasteiger partial charge < -0.3 is 20.1 Å². The average molecular weight is 581 g/mol. The van der Waals surface area contributed by atoms with Gasteiger partial charge in [0.1, 0.15) is 23.6 Å².